The highest BCUT2D eigenvalue weighted by molar-refractivity contribution is 7.80. The first-order valence-electron chi connectivity index (χ1n) is 10.2. The third kappa shape index (κ3) is 5.43. The zero-order valence-corrected chi connectivity index (χ0v) is 18.6. The number of ether oxygens (including phenoxy) is 1. The predicted octanol–water partition coefficient (Wildman–Crippen LogP) is 0.585. The van der Waals surface area contributed by atoms with Gasteiger partial charge in [-0.05, 0) is 46.0 Å². The van der Waals surface area contributed by atoms with Gasteiger partial charge in [0.25, 0.3) is 0 Å². The molecule has 3 heterocycles. The molecule has 0 unspecified atom stereocenters. The van der Waals surface area contributed by atoms with E-state index in [-0.39, 0.29) is 0 Å². The van der Waals surface area contributed by atoms with Crippen molar-refractivity contribution in [2.75, 3.05) is 39.4 Å². The summed E-state index contributed by atoms with van der Waals surface area (Å²) >= 11 is 5.32. The lowest BCUT2D eigenvalue weighted by Gasteiger charge is -2.23. The molecule has 0 bridgehead atoms. The molecule has 0 aromatic carbocycles. The predicted molar refractivity (Wildman–Crippen MR) is 119 cm³/mol. The molecule has 3 N–H and O–H groups in total. The molecule has 0 aliphatic carbocycles. The second-order valence-corrected chi connectivity index (χ2v) is 8.04. The summed E-state index contributed by atoms with van der Waals surface area (Å²) < 4.78 is 9.61. The first-order valence-corrected chi connectivity index (χ1v) is 10.6. The number of nitrogens with one attached hydrogen (secondary N) is 3. The van der Waals surface area contributed by atoms with E-state index >= 15 is 0 Å². The summed E-state index contributed by atoms with van der Waals surface area (Å²) in [6, 6.07) is 4.45. The van der Waals surface area contributed by atoms with Crippen molar-refractivity contribution in [3.05, 3.63) is 35.3 Å². The largest absolute Gasteiger partial charge is 0.370 e. The molecular formula is C20H32N7OS+. The molecule has 0 atom stereocenters. The third-order valence-corrected chi connectivity index (χ3v) is 5.41. The van der Waals surface area contributed by atoms with Crippen LogP contribution in [0.15, 0.2) is 23.4 Å². The van der Waals surface area contributed by atoms with Crippen LogP contribution in [0.2, 0.25) is 0 Å². The quantitative estimate of drug-likeness (QED) is 0.349. The molecule has 8 nitrogen and oxygen atoms in total. The molecule has 3 rings (SSSR count). The van der Waals surface area contributed by atoms with E-state index in [1.165, 1.54) is 0 Å². The first kappa shape index (κ1) is 21.5. The van der Waals surface area contributed by atoms with E-state index in [0.717, 1.165) is 62.2 Å². The third-order valence-electron chi connectivity index (χ3n) is 5.17. The maximum atomic E-state index is 5.38. The van der Waals surface area contributed by atoms with E-state index in [0.29, 0.717) is 11.2 Å². The Labute approximate surface area is 177 Å². The van der Waals surface area contributed by atoms with Crippen LogP contribution in [0, 0.1) is 13.8 Å². The Balaban J connectivity index is 1.55. The fourth-order valence-electron chi connectivity index (χ4n) is 3.62. The molecule has 1 aliphatic heterocycles. The topological polar surface area (TPSA) is 72.8 Å². The number of rotatable bonds is 7. The number of aromatic nitrogens is 3. The average molecular weight is 419 g/mol. The Bertz CT molecular complexity index is 849. The van der Waals surface area contributed by atoms with Crippen LogP contribution in [0.25, 0.3) is 5.82 Å². The van der Waals surface area contributed by atoms with E-state index in [1.807, 2.05) is 23.2 Å². The van der Waals surface area contributed by atoms with Crippen molar-refractivity contribution in [1.82, 2.24) is 25.1 Å². The van der Waals surface area contributed by atoms with Gasteiger partial charge in [0.15, 0.2) is 5.11 Å². The van der Waals surface area contributed by atoms with Crippen molar-refractivity contribution in [1.29, 1.82) is 0 Å². The summed E-state index contributed by atoms with van der Waals surface area (Å²) in [7, 11) is 0. The molecule has 1 fully saturated rings. The number of thiocarbonyl (C=S) groups is 1. The standard InChI is InChI=1S/C20H31N7OS/c1-15(2)27-19(5-6-23-27)26-16(3)13-18(17(26)4)14-22-24-20(29)21-7-8-25-9-11-28-12-10-25/h5-6,13-15H,7-12H2,1-4H3,(H2,21,24,29)/p+1/b22-14-. The zero-order chi connectivity index (χ0) is 20.8. The SMILES string of the molecule is Cc1cc(/C=N\NC(=S)NCC[NH+]2CCOCC2)c(C)n1-c1ccnn1C(C)C. The Hall–Kier alpha value is -2.23. The molecule has 0 radical (unpaired) electrons. The van der Waals surface area contributed by atoms with Crippen LogP contribution < -0.4 is 15.6 Å². The Morgan fingerprint density at radius 2 is 2.14 bits per heavy atom. The minimum atomic E-state index is 0.294. The maximum Gasteiger partial charge on any atom is 0.187 e. The lowest BCUT2D eigenvalue weighted by molar-refractivity contribution is -0.906. The van der Waals surface area contributed by atoms with Gasteiger partial charge in [-0.1, -0.05) is 0 Å². The molecule has 158 valence electrons. The van der Waals surface area contributed by atoms with Gasteiger partial charge in [0, 0.05) is 29.1 Å². The normalized spacial score (nSPS) is 15.3. The van der Waals surface area contributed by atoms with Crippen LogP contribution in [0.4, 0.5) is 0 Å². The fraction of sp³-hybridized carbons (Fsp3) is 0.550. The molecule has 1 saturated heterocycles. The minimum Gasteiger partial charge on any atom is -0.370 e. The number of hydrogen-bond donors (Lipinski definition) is 3. The average Bonchev–Trinajstić information content (AvgIpc) is 3.27. The number of hydrogen-bond acceptors (Lipinski definition) is 4. The number of nitrogens with zero attached hydrogens (tertiary/aromatic N) is 4. The molecule has 9 heteroatoms. The van der Waals surface area contributed by atoms with Crippen molar-refractivity contribution >= 4 is 23.5 Å². The number of aryl methyl sites for hydroxylation is 1. The molecular weight excluding hydrogens is 386 g/mol. The molecule has 1 aliphatic rings. The summed E-state index contributed by atoms with van der Waals surface area (Å²) in [5.41, 5.74) is 6.22. The van der Waals surface area contributed by atoms with Crippen molar-refractivity contribution in [3.63, 3.8) is 0 Å². The fourth-order valence-corrected chi connectivity index (χ4v) is 3.77. The minimum absolute atomic E-state index is 0.294. The van der Waals surface area contributed by atoms with E-state index < -0.39 is 0 Å². The van der Waals surface area contributed by atoms with E-state index in [2.05, 4.69) is 59.3 Å². The highest BCUT2D eigenvalue weighted by Crippen LogP contribution is 2.21. The molecule has 0 amide bonds. The van der Waals surface area contributed by atoms with E-state index in [1.54, 1.807) is 4.90 Å². The van der Waals surface area contributed by atoms with Gasteiger partial charge in [0.1, 0.15) is 18.9 Å². The van der Waals surface area contributed by atoms with Gasteiger partial charge in [0.05, 0.1) is 38.7 Å². The molecule has 0 spiro atoms. The highest BCUT2D eigenvalue weighted by Gasteiger charge is 2.15. The lowest BCUT2D eigenvalue weighted by Crippen LogP contribution is -3.14. The van der Waals surface area contributed by atoms with Gasteiger partial charge in [0.2, 0.25) is 0 Å². The number of morpholine rings is 1. The smallest absolute Gasteiger partial charge is 0.187 e. The van der Waals surface area contributed by atoms with Crippen LogP contribution in [-0.2, 0) is 4.74 Å². The summed E-state index contributed by atoms with van der Waals surface area (Å²) in [4.78, 5) is 1.54. The van der Waals surface area contributed by atoms with Crippen molar-refractivity contribution in [2.24, 2.45) is 5.10 Å². The number of hydrazone groups is 1. The first-order chi connectivity index (χ1) is 14.0. The van der Waals surface area contributed by atoms with E-state index in [9.17, 15) is 0 Å². The maximum absolute atomic E-state index is 5.38. The summed E-state index contributed by atoms with van der Waals surface area (Å²) in [6.07, 6.45) is 3.66. The van der Waals surface area contributed by atoms with Gasteiger partial charge in [-0.3, -0.25) is 5.43 Å². The number of quaternary nitrogens is 1. The second-order valence-electron chi connectivity index (χ2n) is 7.63. The van der Waals surface area contributed by atoms with Gasteiger partial charge in [-0.15, -0.1) is 0 Å². The molecule has 29 heavy (non-hydrogen) atoms. The summed E-state index contributed by atoms with van der Waals surface area (Å²) in [5.74, 6) is 1.06. The van der Waals surface area contributed by atoms with Crippen LogP contribution in [-0.4, -0.2) is 65.1 Å². The Morgan fingerprint density at radius 1 is 1.38 bits per heavy atom. The van der Waals surface area contributed by atoms with E-state index in [4.69, 9.17) is 17.0 Å². The van der Waals surface area contributed by atoms with Gasteiger partial charge in [-0.2, -0.15) is 10.2 Å². The molecule has 0 saturated carbocycles. The van der Waals surface area contributed by atoms with Gasteiger partial charge in [-0.25, -0.2) is 4.68 Å². The van der Waals surface area contributed by atoms with Crippen molar-refractivity contribution in [2.45, 2.75) is 33.7 Å². The summed E-state index contributed by atoms with van der Waals surface area (Å²) in [5, 5.41) is 12.5. The van der Waals surface area contributed by atoms with Gasteiger partial charge < -0.3 is 19.5 Å². The van der Waals surface area contributed by atoms with Gasteiger partial charge >= 0.3 is 0 Å². The van der Waals surface area contributed by atoms with Crippen LogP contribution in [0.3, 0.4) is 0 Å². The zero-order valence-electron chi connectivity index (χ0n) is 17.7. The summed E-state index contributed by atoms with van der Waals surface area (Å²) in [6.45, 7) is 14.1. The molecule has 2 aromatic heterocycles. The monoisotopic (exact) mass is 418 g/mol. The Kier molecular flexibility index (Phi) is 7.40. The lowest BCUT2D eigenvalue weighted by atomic mass is 10.3. The van der Waals surface area contributed by atoms with Crippen LogP contribution >= 0.6 is 12.2 Å². The molecule has 2 aromatic rings. The van der Waals surface area contributed by atoms with Crippen molar-refractivity contribution < 1.29 is 9.64 Å². The van der Waals surface area contributed by atoms with Crippen molar-refractivity contribution in [3.8, 4) is 5.82 Å². The van der Waals surface area contributed by atoms with Crippen LogP contribution in [0.1, 0.15) is 36.8 Å². The highest BCUT2D eigenvalue weighted by atomic mass is 32.1. The van der Waals surface area contributed by atoms with Crippen LogP contribution in [0.5, 0.6) is 0 Å². The second kappa shape index (κ2) is 10.00. The Morgan fingerprint density at radius 3 is 2.86 bits per heavy atom.